The number of aromatic nitrogens is 1. The molecule has 0 bridgehead atoms. The van der Waals surface area contributed by atoms with Gasteiger partial charge in [-0.15, -0.1) is 0 Å². The molecule has 18 heavy (non-hydrogen) atoms. The van der Waals surface area contributed by atoms with Crippen LogP contribution in [0.25, 0.3) is 10.9 Å². The van der Waals surface area contributed by atoms with Gasteiger partial charge in [-0.25, -0.2) is 0 Å². The van der Waals surface area contributed by atoms with Crippen molar-refractivity contribution in [1.82, 2.24) is 4.57 Å². The second-order valence-electron chi connectivity index (χ2n) is 4.75. The smallest absolute Gasteiger partial charge is 0.0483 e. The highest BCUT2D eigenvalue weighted by molar-refractivity contribution is 5.83. The average Bonchev–Trinajstić information content (AvgIpc) is 2.82. The van der Waals surface area contributed by atoms with Crippen LogP contribution in [0.5, 0.6) is 0 Å². The van der Waals surface area contributed by atoms with Crippen LogP contribution in [-0.2, 0) is 13.0 Å². The van der Waals surface area contributed by atoms with Gasteiger partial charge in [0.2, 0.25) is 0 Å². The molecule has 0 atom stereocenters. The predicted octanol–water partition coefficient (Wildman–Crippen LogP) is 4.19. The molecule has 0 unspecified atom stereocenters. The lowest BCUT2D eigenvalue weighted by atomic mass is 10.1. The standard InChI is InChI=1S/C17H17N/c1-14-6-5-9-17-16(14)11-13-18(17)12-10-15-7-3-2-4-8-15/h2-9,11,13H,10,12H2,1H3. The van der Waals surface area contributed by atoms with Crippen LogP contribution in [0.4, 0.5) is 0 Å². The second kappa shape index (κ2) is 4.69. The first-order valence-electron chi connectivity index (χ1n) is 6.43. The van der Waals surface area contributed by atoms with E-state index >= 15 is 0 Å². The minimum Gasteiger partial charge on any atom is -0.347 e. The van der Waals surface area contributed by atoms with E-state index in [0.717, 1.165) is 13.0 Å². The molecule has 0 saturated carbocycles. The Morgan fingerprint density at radius 3 is 2.56 bits per heavy atom. The summed E-state index contributed by atoms with van der Waals surface area (Å²) in [6, 6.07) is 19.4. The summed E-state index contributed by atoms with van der Waals surface area (Å²) in [6.45, 7) is 3.21. The van der Waals surface area contributed by atoms with Crippen molar-refractivity contribution in [3.05, 3.63) is 71.9 Å². The quantitative estimate of drug-likeness (QED) is 0.641. The van der Waals surface area contributed by atoms with Crippen LogP contribution < -0.4 is 0 Å². The Morgan fingerprint density at radius 2 is 1.72 bits per heavy atom. The van der Waals surface area contributed by atoms with Crippen molar-refractivity contribution in [1.29, 1.82) is 0 Å². The van der Waals surface area contributed by atoms with Gasteiger partial charge in [0, 0.05) is 23.6 Å². The number of hydrogen-bond donors (Lipinski definition) is 0. The molecule has 1 heteroatoms. The third kappa shape index (κ3) is 2.04. The summed E-state index contributed by atoms with van der Waals surface area (Å²) >= 11 is 0. The molecular formula is C17H17N. The van der Waals surface area contributed by atoms with Crippen molar-refractivity contribution in [3.63, 3.8) is 0 Å². The maximum Gasteiger partial charge on any atom is 0.0483 e. The molecule has 0 fully saturated rings. The van der Waals surface area contributed by atoms with Gasteiger partial charge in [-0.05, 0) is 36.6 Å². The topological polar surface area (TPSA) is 4.93 Å². The summed E-state index contributed by atoms with van der Waals surface area (Å²) in [5, 5.41) is 1.37. The highest BCUT2D eigenvalue weighted by Crippen LogP contribution is 2.19. The van der Waals surface area contributed by atoms with E-state index in [9.17, 15) is 0 Å². The van der Waals surface area contributed by atoms with Gasteiger partial charge >= 0.3 is 0 Å². The molecular weight excluding hydrogens is 218 g/mol. The van der Waals surface area contributed by atoms with Crippen molar-refractivity contribution in [2.75, 3.05) is 0 Å². The van der Waals surface area contributed by atoms with E-state index < -0.39 is 0 Å². The van der Waals surface area contributed by atoms with Gasteiger partial charge in [0.25, 0.3) is 0 Å². The SMILES string of the molecule is Cc1cccc2c1ccn2CCc1ccccc1. The van der Waals surface area contributed by atoms with Crippen LogP contribution in [0.3, 0.4) is 0 Å². The highest BCUT2D eigenvalue weighted by Gasteiger charge is 2.02. The number of nitrogens with zero attached hydrogens (tertiary/aromatic N) is 1. The largest absolute Gasteiger partial charge is 0.347 e. The summed E-state index contributed by atoms with van der Waals surface area (Å²) in [5.41, 5.74) is 4.09. The lowest BCUT2D eigenvalue weighted by Crippen LogP contribution is -1.99. The van der Waals surface area contributed by atoms with Gasteiger partial charge in [-0.3, -0.25) is 0 Å². The zero-order valence-corrected chi connectivity index (χ0v) is 10.6. The summed E-state index contributed by atoms with van der Waals surface area (Å²) in [5.74, 6) is 0. The Kier molecular flexibility index (Phi) is 2.89. The number of hydrogen-bond acceptors (Lipinski definition) is 0. The molecule has 0 amide bonds. The van der Waals surface area contributed by atoms with Crippen molar-refractivity contribution >= 4 is 10.9 Å². The fourth-order valence-electron chi connectivity index (χ4n) is 2.47. The average molecular weight is 235 g/mol. The van der Waals surface area contributed by atoms with Gasteiger partial charge < -0.3 is 4.57 Å². The van der Waals surface area contributed by atoms with Crippen LogP contribution in [0.15, 0.2) is 60.8 Å². The third-order valence-electron chi connectivity index (χ3n) is 3.52. The van der Waals surface area contributed by atoms with Crippen molar-refractivity contribution in [3.8, 4) is 0 Å². The minimum atomic E-state index is 1.04. The second-order valence-corrected chi connectivity index (χ2v) is 4.75. The van der Waals surface area contributed by atoms with Crippen LogP contribution in [0.1, 0.15) is 11.1 Å². The fraction of sp³-hybridized carbons (Fsp3) is 0.176. The molecule has 0 aliphatic heterocycles. The summed E-state index contributed by atoms with van der Waals surface area (Å²) < 4.78 is 2.34. The first-order valence-corrected chi connectivity index (χ1v) is 6.43. The van der Waals surface area contributed by atoms with E-state index in [-0.39, 0.29) is 0 Å². The molecule has 1 aromatic heterocycles. The van der Waals surface area contributed by atoms with Crippen LogP contribution in [0.2, 0.25) is 0 Å². The number of rotatable bonds is 3. The molecule has 1 nitrogen and oxygen atoms in total. The number of fused-ring (bicyclic) bond motifs is 1. The van der Waals surface area contributed by atoms with Crippen molar-refractivity contribution in [2.45, 2.75) is 19.9 Å². The molecule has 2 aromatic carbocycles. The Bertz CT molecular complexity index is 650. The highest BCUT2D eigenvalue weighted by atomic mass is 14.9. The molecule has 1 heterocycles. The normalized spacial score (nSPS) is 10.9. The monoisotopic (exact) mass is 235 g/mol. The third-order valence-corrected chi connectivity index (χ3v) is 3.52. The first-order chi connectivity index (χ1) is 8.84. The summed E-state index contributed by atoms with van der Waals surface area (Å²) in [7, 11) is 0. The van der Waals surface area contributed by atoms with E-state index in [4.69, 9.17) is 0 Å². The Morgan fingerprint density at radius 1 is 0.889 bits per heavy atom. The Balaban J connectivity index is 1.85. The van der Waals surface area contributed by atoms with Gasteiger partial charge in [-0.2, -0.15) is 0 Å². The molecule has 90 valence electrons. The Hall–Kier alpha value is -2.02. The summed E-state index contributed by atoms with van der Waals surface area (Å²) in [4.78, 5) is 0. The summed E-state index contributed by atoms with van der Waals surface area (Å²) in [6.07, 6.45) is 3.28. The molecule has 0 spiro atoms. The fourth-order valence-corrected chi connectivity index (χ4v) is 2.47. The van der Waals surface area contributed by atoms with Crippen LogP contribution in [-0.4, -0.2) is 4.57 Å². The zero-order chi connectivity index (χ0) is 12.4. The van der Waals surface area contributed by atoms with Crippen molar-refractivity contribution < 1.29 is 0 Å². The molecule has 0 N–H and O–H groups in total. The number of benzene rings is 2. The first kappa shape index (κ1) is 11.1. The van der Waals surface area contributed by atoms with E-state index in [0.29, 0.717) is 0 Å². The van der Waals surface area contributed by atoms with Crippen LogP contribution in [0, 0.1) is 6.92 Å². The molecule has 3 rings (SSSR count). The predicted molar refractivity (Wildman–Crippen MR) is 76.8 cm³/mol. The maximum atomic E-state index is 2.34. The molecule has 0 aliphatic rings. The van der Waals surface area contributed by atoms with Crippen LogP contribution >= 0.6 is 0 Å². The van der Waals surface area contributed by atoms with Crippen molar-refractivity contribution in [2.24, 2.45) is 0 Å². The molecule has 0 radical (unpaired) electrons. The molecule has 0 saturated heterocycles. The maximum absolute atomic E-state index is 2.34. The zero-order valence-electron chi connectivity index (χ0n) is 10.6. The Labute approximate surface area is 108 Å². The van der Waals surface area contributed by atoms with E-state index in [2.05, 4.69) is 72.3 Å². The van der Waals surface area contributed by atoms with E-state index in [1.807, 2.05) is 0 Å². The van der Waals surface area contributed by atoms with Gasteiger partial charge in [-0.1, -0.05) is 42.5 Å². The van der Waals surface area contributed by atoms with E-state index in [1.54, 1.807) is 0 Å². The molecule has 0 aliphatic carbocycles. The lowest BCUT2D eigenvalue weighted by Gasteiger charge is -2.06. The van der Waals surface area contributed by atoms with Gasteiger partial charge in [0.15, 0.2) is 0 Å². The lowest BCUT2D eigenvalue weighted by molar-refractivity contribution is 0.723. The van der Waals surface area contributed by atoms with Gasteiger partial charge in [0.05, 0.1) is 0 Å². The molecule has 3 aromatic rings. The minimum absolute atomic E-state index is 1.04. The van der Waals surface area contributed by atoms with Gasteiger partial charge in [0.1, 0.15) is 0 Å². The number of aryl methyl sites for hydroxylation is 3. The van der Waals surface area contributed by atoms with E-state index in [1.165, 1.54) is 22.0 Å².